The Morgan fingerprint density at radius 3 is 2.40 bits per heavy atom. The minimum Gasteiger partial charge on any atom is -0.294 e. The highest BCUT2D eigenvalue weighted by molar-refractivity contribution is 7.90. The molecule has 1 aliphatic carbocycles. The molecule has 2 nitrogen and oxygen atoms in total. The van der Waals surface area contributed by atoms with Gasteiger partial charge in [0.15, 0.2) is 5.78 Å². The molecule has 1 atom stereocenters. The summed E-state index contributed by atoms with van der Waals surface area (Å²) < 4.78 is 12.0. The second kappa shape index (κ2) is 4.11. The Hall–Kier alpha value is -1.22. The summed E-state index contributed by atoms with van der Waals surface area (Å²) in [4.78, 5) is 12.6. The van der Waals surface area contributed by atoms with Crippen LogP contribution in [0.25, 0.3) is 0 Å². The van der Waals surface area contributed by atoms with Crippen molar-refractivity contribution in [3.63, 3.8) is 0 Å². The molecule has 2 rings (SSSR count). The third-order valence-corrected chi connectivity index (χ3v) is 3.90. The highest BCUT2D eigenvalue weighted by Crippen LogP contribution is 2.22. The van der Waals surface area contributed by atoms with Crippen molar-refractivity contribution >= 4 is 16.6 Å². The normalized spacial score (nSPS) is 17.7. The SMILES string of the molecule is Cc1ccc([S@](=O)C2=CCCC2=O)cc1. The third-order valence-electron chi connectivity index (χ3n) is 2.41. The number of Topliss-reactive ketones (excluding diaryl/α,β-unsaturated/α-hetero) is 1. The van der Waals surface area contributed by atoms with Crippen LogP contribution < -0.4 is 0 Å². The van der Waals surface area contributed by atoms with Gasteiger partial charge < -0.3 is 0 Å². The molecule has 0 aliphatic heterocycles. The summed E-state index contributed by atoms with van der Waals surface area (Å²) >= 11 is 0. The first kappa shape index (κ1) is 10.3. The molecule has 0 heterocycles. The summed E-state index contributed by atoms with van der Waals surface area (Å²) in [6, 6.07) is 7.45. The first-order chi connectivity index (χ1) is 7.18. The number of carbonyl (C=O) groups excluding carboxylic acids is 1. The molecule has 0 unspecified atom stereocenters. The molecule has 0 N–H and O–H groups in total. The van der Waals surface area contributed by atoms with Crippen LogP contribution in [0, 0.1) is 6.92 Å². The van der Waals surface area contributed by atoms with E-state index in [1.165, 1.54) is 0 Å². The van der Waals surface area contributed by atoms with Crippen molar-refractivity contribution < 1.29 is 9.00 Å². The zero-order chi connectivity index (χ0) is 10.8. The number of ketones is 1. The average Bonchev–Trinajstić information content (AvgIpc) is 2.65. The molecule has 0 saturated carbocycles. The summed E-state index contributed by atoms with van der Waals surface area (Å²) in [5.41, 5.74) is 1.13. The van der Waals surface area contributed by atoms with Crippen LogP contribution in [-0.2, 0) is 15.6 Å². The highest BCUT2D eigenvalue weighted by Gasteiger charge is 2.21. The van der Waals surface area contributed by atoms with Crippen molar-refractivity contribution in [2.24, 2.45) is 0 Å². The fourth-order valence-corrected chi connectivity index (χ4v) is 2.75. The molecule has 0 saturated heterocycles. The van der Waals surface area contributed by atoms with Gasteiger partial charge in [-0.2, -0.15) is 0 Å². The Morgan fingerprint density at radius 1 is 1.20 bits per heavy atom. The average molecular weight is 220 g/mol. The Balaban J connectivity index is 2.28. The molecular weight excluding hydrogens is 208 g/mol. The fourth-order valence-electron chi connectivity index (χ4n) is 1.54. The zero-order valence-electron chi connectivity index (χ0n) is 8.53. The lowest BCUT2D eigenvalue weighted by atomic mass is 10.2. The van der Waals surface area contributed by atoms with Gasteiger partial charge in [-0.3, -0.25) is 4.79 Å². The number of benzene rings is 1. The molecule has 1 aromatic rings. The van der Waals surface area contributed by atoms with Gasteiger partial charge in [-0.25, -0.2) is 4.21 Å². The summed E-state index contributed by atoms with van der Waals surface area (Å²) in [5, 5.41) is 0. The van der Waals surface area contributed by atoms with E-state index in [4.69, 9.17) is 0 Å². The van der Waals surface area contributed by atoms with Crippen molar-refractivity contribution in [3.8, 4) is 0 Å². The number of hydrogen-bond acceptors (Lipinski definition) is 2. The van der Waals surface area contributed by atoms with E-state index >= 15 is 0 Å². The number of carbonyl (C=O) groups is 1. The largest absolute Gasteiger partial charge is 0.294 e. The van der Waals surface area contributed by atoms with Gasteiger partial charge >= 0.3 is 0 Å². The molecule has 1 aromatic carbocycles. The zero-order valence-corrected chi connectivity index (χ0v) is 9.34. The molecule has 3 heteroatoms. The Morgan fingerprint density at radius 2 is 1.87 bits per heavy atom. The second-order valence-electron chi connectivity index (χ2n) is 3.61. The van der Waals surface area contributed by atoms with Crippen molar-refractivity contribution in [3.05, 3.63) is 40.8 Å². The van der Waals surface area contributed by atoms with Crippen molar-refractivity contribution in [2.45, 2.75) is 24.7 Å². The number of allylic oxidation sites excluding steroid dienone is 2. The van der Waals surface area contributed by atoms with E-state index in [9.17, 15) is 9.00 Å². The third kappa shape index (κ3) is 2.07. The molecule has 0 spiro atoms. The van der Waals surface area contributed by atoms with Crippen LogP contribution in [0.1, 0.15) is 18.4 Å². The summed E-state index contributed by atoms with van der Waals surface area (Å²) in [5.74, 6) is 0.0221. The maximum absolute atomic E-state index is 12.0. The number of hydrogen-bond donors (Lipinski definition) is 0. The first-order valence-electron chi connectivity index (χ1n) is 4.90. The van der Waals surface area contributed by atoms with Gasteiger partial charge in [-0.05, 0) is 25.5 Å². The monoisotopic (exact) mass is 220 g/mol. The molecule has 0 radical (unpaired) electrons. The maximum atomic E-state index is 12.0. The molecule has 0 amide bonds. The Labute approximate surface area is 91.5 Å². The van der Waals surface area contributed by atoms with Crippen molar-refractivity contribution in [1.82, 2.24) is 0 Å². The predicted molar refractivity (Wildman–Crippen MR) is 59.9 cm³/mol. The van der Waals surface area contributed by atoms with E-state index in [2.05, 4.69) is 0 Å². The van der Waals surface area contributed by atoms with E-state index in [0.717, 1.165) is 12.0 Å². The topological polar surface area (TPSA) is 34.1 Å². The van der Waals surface area contributed by atoms with Gasteiger partial charge in [-0.15, -0.1) is 0 Å². The lowest BCUT2D eigenvalue weighted by Gasteiger charge is -2.02. The minimum atomic E-state index is -1.29. The first-order valence-corrected chi connectivity index (χ1v) is 6.05. The van der Waals surface area contributed by atoms with Gasteiger partial charge in [0, 0.05) is 11.3 Å². The summed E-state index contributed by atoms with van der Waals surface area (Å²) in [6.07, 6.45) is 3.02. The fraction of sp³-hybridized carbons (Fsp3) is 0.250. The highest BCUT2D eigenvalue weighted by atomic mass is 32.2. The maximum Gasteiger partial charge on any atom is 0.172 e. The van der Waals surface area contributed by atoms with Gasteiger partial charge in [0.1, 0.15) is 0 Å². The van der Waals surface area contributed by atoms with E-state index in [0.29, 0.717) is 16.2 Å². The van der Waals surface area contributed by atoms with Crippen LogP contribution in [0.4, 0.5) is 0 Å². The van der Waals surface area contributed by atoms with Crippen LogP contribution in [0.15, 0.2) is 40.1 Å². The van der Waals surface area contributed by atoms with Gasteiger partial charge in [-0.1, -0.05) is 23.8 Å². The van der Waals surface area contributed by atoms with Crippen LogP contribution in [0.3, 0.4) is 0 Å². The lowest BCUT2D eigenvalue weighted by Crippen LogP contribution is -2.03. The van der Waals surface area contributed by atoms with E-state index in [-0.39, 0.29) is 5.78 Å². The summed E-state index contributed by atoms with van der Waals surface area (Å²) in [6.45, 7) is 1.98. The number of aryl methyl sites for hydroxylation is 1. The molecule has 1 aliphatic rings. The molecule has 15 heavy (non-hydrogen) atoms. The van der Waals surface area contributed by atoms with E-state index < -0.39 is 10.8 Å². The van der Waals surface area contributed by atoms with Gasteiger partial charge in [0.2, 0.25) is 0 Å². The van der Waals surface area contributed by atoms with Crippen molar-refractivity contribution in [1.29, 1.82) is 0 Å². The van der Waals surface area contributed by atoms with Crippen LogP contribution in [-0.4, -0.2) is 9.99 Å². The quantitative estimate of drug-likeness (QED) is 0.766. The minimum absolute atomic E-state index is 0.0221. The summed E-state index contributed by atoms with van der Waals surface area (Å²) in [7, 11) is -1.29. The Kier molecular flexibility index (Phi) is 2.82. The van der Waals surface area contributed by atoms with Gasteiger partial charge in [0.05, 0.1) is 15.7 Å². The standard InChI is InChI=1S/C12H12O2S/c1-9-5-7-10(8-6-9)15(14)12-4-2-3-11(12)13/h4-8H,2-3H2,1H3/t15-/m0/s1. The number of rotatable bonds is 2. The second-order valence-corrected chi connectivity index (χ2v) is 5.06. The Bertz CT molecular complexity index is 443. The molecular formula is C12H12O2S. The van der Waals surface area contributed by atoms with Crippen LogP contribution >= 0.6 is 0 Å². The molecule has 0 fully saturated rings. The van der Waals surface area contributed by atoms with Crippen LogP contribution in [0.2, 0.25) is 0 Å². The predicted octanol–water partition coefficient (Wildman–Crippen LogP) is 2.35. The molecule has 78 valence electrons. The van der Waals surface area contributed by atoms with Crippen LogP contribution in [0.5, 0.6) is 0 Å². The van der Waals surface area contributed by atoms with Gasteiger partial charge in [0.25, 0.3) is 0 Å². The van der Waals surface area contributed by atoms with Crippen molar-refractivity contribution in [2.75, 3.05) is 0 Å². The van der Waals surface area contributed by atoms with E-state index in [1.807, 2.05) is 31.2 Å². The molecule has 0 aromatic heterocycles. The lowest BCUT2D eigenvalue weighted by molar-refractivity contribution is -0.114. The van der Waals surface area contributed by atoms with E-state index in [1.54, 1.807) is 6.08 Å². The molecule has 0 bridgehead atoms. The smallest absolute Gasteiger partial charge is 0.172 e.